The van der Waals surface area contributed by atoms with E-state index in [4.69, 9.17) is 0 Å². The zero-order chi connectivity index (χ0) is 14.8. The van der Waals surface area contributed by atoms with E-state index in [0.29, 0.717) is 5.56 Å². The number of rotatable bonds is 3. The van der Waals surface area contributed by atoms with Crippen molar-refractivity contribution >= 4 is 5.78 Å². The molecule has 3 rings (SSSR count). The van der Waals surface area contributed by atoms with Crippen molar-refractivity contribution in [1.29, 1.82) is 0 Å². The van der Waals surface area contributed by atoms with Crippen molar-refractivity contribution in [3.63, 3.8) is 0 Å². The highest BCUT2D eigenvalue weighted by Gasteiger charge is 2.15. The van der Waals surface area contributed by atoms with Crippen LogP contribution in [0, 0.1) is 12.7 Å². The lowest BCUT2D eigenvalue weighted by Crippen LogP contribution is -2.05. The SMILES string of the molecule is Cc1cc(F)cc(C(=O)c2cnn(-c3ccccc3)n2)c1. The van der Waals surface area contributed by atoms with Gasteiger partial charge in [0.15, 0.2) is 5.69 Å². The lowest BCUT2D eigenvalue weighted by Gasteiger charge is -2.00. The molecule has 0 aliphatic heterocycles. The van der Waals surface area contributed by atoms with Gasteiger partial charge in [-0.1, -0.05) is 18.2 Å². The second kappa shape index (κ2) is 5.28. The molecule has 0 aliphatic rings. The quantitative estimate of drug-likeness (QED) is 0.693. The largest absolute Gasteiger partial charge is 0.287 e. The van der Waals surface area contributed by atoms with Gasteiger partial charge in [0.05, 0.1) is 11.9 Å². The van der Waals surface area contributed by atoms with Crippen molar-refractivity contribution in [3.05, 3.63) is 77.4 Å². The summed E-state index contributed by atoms with van der Waals surface area (Å²) >= 11 is 0. The van der Waals surface area contributed by atoms with E-state index in [2.05, 4.69) is 10.2 Å². The fraction of sp³-hybridized carbons (Fsp3) is 0.0625. The average Bonchev–Trinajstić information content (AvgIpc) is 2.96. The van der Waals surface area contributed by atoms with Crippen LogP contribution >= 0.6 is 0 Å². The van der Waals surface area contributed by atoms with Gasteiger partial charge in [0.1, 0.15) is 5.82 Å². The molecule has 1 heterocycles. The molecular formula is C16H12FN3O. The van der Waals surface area contributed by atoms with Gasteiger partial charge in [-0.15, -0.1) is 5.10 Å². The van der Waals surface area contributed by atoms with Crippen LogP contribution < -0.4 is 0 Å². The summed E-state index contributed by atoms with van der Waals surface area (Å²) in [6, 6.07) is 13.5. The van der Waals surface area contributed by atoms with Gasteiger partial charge < -0.3 is 0 Å². The predicted octanol–water partition coefficient (Wildman–Crippen LogP) is 2.95. The molecular weight excluding hydrogens is 269 g/mol. The smallest absolute Gasteiger partial charge is 0.215 e. The van der Waals surface area contributed by atoms with Crippen LogP contribution in [0.5, 0.6) is 0 Å². The second-order valence-corrected chi connectivity index (χ2v) is 4.70. The van der Waals surface area contributed by atoms with E-state index in [1.165, 1.54) is 23.1 Å². The third-order valence-electron chi connectivity index (χ3n) is 3.02. The Labute approximate surface area is 120 Å². The van der Waals surface area contributed by atoms with Gasteiger partial charge >= 0.3 is 0 Å². The average molecular weight is 281 g/mol. The standard InChI is InChI=1S/C16H12FN3O/c1-11-7-12(9-13(17)8-11)16(21)15-10-18-20(19-15)14-5-3-2-4-6-14/h2-10H,1H3. The van der Waals surface area contributed by atoms with Crippen LogP contribution in [0.25, 0.3) is 5.69 Å². The van der Waals surface area contributed by atoms with Crippen molar-refractivity contribution in [3.8, 4) is 5.69 Å². The molecule has 0 bridgehead atoms. The minimum absolute atomic E-state index is 0.184. The number of hydrogen-bond donors (Lipinski definition) is 0. The van der Waals surface area contributed by atoms with Gasteiger partial charge in [-0.2, -0.15) is 9.90 Å². The number of ketones is 1. The monoisotopic (exact) mass is 281 g/mol. The normalized spacial score (nSPS) is 10.6. The number of nitrogens with zero attached hydrogens (tertiary/aromatic N) is 3. The number of aromatic nitrogens is 3. The predicted molar refractivity (Wildman–Crippen MR) is 75.9 cm³/mol. The number of carbonyl (C=O) groups excluding carboxylic acids is 1. The first-order valence-corrected chi connectivity index (χ1v) is 6.43. The summed E-state index contributed by atoms with van der Waals surface area (Å²) in [5.74, 6) is -0.784. The van der Waals surface area contributed by atoms with E-state index in [0.717, 1.165) is 5.69 Å². The van der Waals surface area contributed by atoms with Crippen LogP contribution in [0.1, 0.15) is 21.6 Å². The zero-order valence-corrected chi connectivity index (χ0v) is 11.3. The Hall–Kier alpha value is -2.82. The molecule has 1 aromatic heterocycles. The third-order valence-corrected chi connectivity index (χ3v) is 3.02. The van der Waals surface area contributed by atoms with E-state index in [1.807, 2.05) is 30.3 Å². The fourth-order valence-electron chi connectivity index (χ4n) is 2.07. The van der Waals surface area contributed by atoms with Crippen LogP contribution in [0.2, 0.25) is 0 Å². The summed E-state index contributed by atoms with van der Waals surface area (Å²) in [4.78, 5) is 13.7. The third kappa shape index (κ3) is 2.72. The summed E-state index contributed by atoms with van der Waals surface area (Å²) in [7, 11) is 0. The molecule has 3 aromatic rings. The molecule has 0 amide bonds. The van der Waals surface area contributed by atoms with Crippen LogP contribution in [-0.4, -0.2) is 20.8 Å². The molecule has 0 atom stereocenters. The Bertz CT molecular complexity index is 776. The van der Waals surface area contributed by atoms with E-state index in [1.54, 1.807) is 13.0 Å². The molecule has 21 heavy (non-hydrogen) atoms. The number of halogens is 1. The molecule has 5 heteroatoms. The van der Waals surface area contributed by atoms with Gasteiger partial charge in [-0.25, -0.2) is 4.39 Å². The molecule has 0 saturated heterocycles. The van der Waals surface area contributed by atoms with Crippen LogP contribution in [0.4, 0.5) is 4.39 Å². The van der Waals surface area contributed by atoms with Gasteiger partial charge in [0.2, 0.25) is 5.78 Å². The maximum absolute atomic E-state index is 13.4. The number of hydrogen-bond acceptors (Lipinski definition) is 3. The summed E-state index contributed by atoms with van der Waals surface area (Å²) in [6.07, 6.45) is 1.38. The first-order valence-electron chi connectivity index (χ1n) is 6.43. The van der Waals surface area contributed by atoms with Crippen molar-refractivity contribution in [2.75, 3.05) is 0 Å². The minimum Gasteiger partial charge on any atom is -0.287 e. The van der Waals surface area contributed by atoms with Gasteiger partial charge in [0, 0.05) is 5.56 Å². The van der Waals surface area contributed by atoms with Crippen LogP contribution in [-0.2, 0) is 0 Å². The summed E-state index contributed by atoms with van der Waals surface area (Å²) in [5, 5.41) is 8.22. The highest BCUT2D eigenvalue weighted by molar-refractivity contribution is 6.07. The number of aryl methyl sites for hydroxylation is 1. The highest BCUT2D eigenvalue weighted by Crippen LogP contribution is 2.13. The Morgan fingerprint density at radius 2 is 1.90 bits per heavy atom. The van der Waals surface area contributed by atoms with Crippen LogP contribution in [0.3, 0.4) is 0 Å². The minimum atomic E-state index is -0.436. The van der Waals surface area contributed by atoms with E-state index >= 15 is 0 Å². The van der Waals surface area contributed by atoms with Crippen molar-refractivity contribution in [2.24, 2.45) is 0 Å². The number of benzene rings is 2. The Morgan fingerprint density at radius 1 is 1.14 bits per heavy atom. The van der Waals surface area contributed by atoms with E-state index in [9.17, 15) is 9.18 Å². The Balaban J connectivity index is 1.94. The summed E-state index contributed by atoms with van der Waals surface area (Å²) in [5.41, 5.74) is 1.90. The maximum Gasteiger partial charge on any atom is 0.215 e. The summed E-state index contributed by atoms with van der Waals surface area (Å²) < 4.78 is 13.4. The van der Waals surface area contributed by atoms with Gasteiger partial charge in [0.25, 0.3) is 0 Å². The maximum atomic E-state index is 13.4. The van der Waals surface area contributed by atoms with Gasteiger partial charge in [-0.05, 0) is 42.8 Å². The molecule has 4 nitrogen and oxygen atoms in total. The molecule has 0 unspecified atom stereocenters. The molecule has 104 valence electrons. The first-order chi connectivity index (χ1) is 10.1. The molecule has 2 aromatic carbocycles. The highest BCUT2D eigenvalue weighted by atomic mass is 19.1. The van der Waals surface area contributed by atoms with Crippen molar-refractivity contribution in [1.82, 2.24) is 15.0 Å². The molecule has 0 N–H and O–H groups in total. The molecule has 0 spiro atoms. The topological polar surface area (TPSA) is 47.8 Å². The Kier molecular flexibility index (Phi) is 3.31. The van der Waals surface area contributed by atoms with Crippen molar-refractivity contribution in [2.45, 2.75) is 6.92 Å². The molecule has 0 saturated carbocycles. The first kappa shape index (κ1) is 13.2. The second-order valence-electron chi connectivity index (χ2n) is 4.70. The molecule has 0 aliphatic carbocycles. The van der Waals surface area contributed by atoms with Crippen LogP contribution in [0.15, 0.2) is 54.7 Å². The lowest BCUT2D eigenvalue weighted by atomic mass is 10.1. The number of carbonyl (C=O) groups is 1. The van der Waals surface area contributed by atoms with E-state index < -0.39 is 5.82 Å². The fourth-order valence-corrected chi connectivity index (χ4v) is 2.07. The summed E-state index contributed by atoms with van der Waals surface area (Å²) in [6.45, 7) is 1.74. The Morgan fingerprint density at radius 3 is 2.62 bits per heavy atom. The lowest BCUT2D eigenvalue weighted by molar-refractivity contribution is 0.103. The molecule has 0 fully saturated rings. The van der Waals surface area contributed by atoms with Crippen molar-refractivity contribution < 1.29 is 9.18 Å². The zero-order valence-electron chi connectivity index (χ0n) is 11.3. The molecule has 0 radical (unpaired) electrons. The number of para-hydroxylation sites is 1. The van der Waals surface area contributed by atoms with Gasteiger partial charge in [-0.3, -0.25) is 4.79 Å². The van der Waals surface area contributed by atoms with E-state index in [-0.39, 0.29) is 17.0 Å².